The molecule has 1 aromatic rings. The molecule has 1 aromatic carbocycles. The van der Waals surface area contributed by atoms with E-state index in [0.29, 0.717) is 11.9 Å². The van der Waals surface area contributed by atoms with Gasteiger partial charge in [0, 0.05) is 18.8 Å². The minimum Gasteiger partial charge on any atom is -0.357 e. The molecule has 0 saturated carbocycles. The number of nitrogens with zero attached hydrogens (tertiary/aromatic N) is 1. The van der Waals surface area contributed by atoms with E-state index < -0.39 is 0 Å². The molecule has 0 atom stereocenters. The lowest BCUT2D eigenvalue weighted by molar-refractivity contribution is -0.114. The number of carbonyl (C=O) groups is 1. The zero-order chi connectivity index (χ0) is 16.4. The summed E-state index contributed by atoms with van der Waals surface area (Å²) in [6, 6.07) is 7.88. The Kier molecular flexibility index (Phi) is 8.04. The molecule has 0 aliphatic heterocycles. The van der Waals surface area contributed by atoms with Crippen molar-refractivity contribution >= 4 is 17.6 Å². The molecule has 0 aliphatic rings. The van der Waals surface area contributed by atoms with Crippen molar-refractivity contribution in [1.29, 1.82) is 0 Å². The number of rotatable bonds is 7. The first kappa shape index (κ1) is 18.0. The molecule has 1 amide bonds. The highest BCUT2D eigenvalue weighted by atomic mass is 16.1. The minimum absolute atomic E-state index is 0.101. The third-order valence-corrected chi connectivity index (χ3v) is 3.02. The Morgan fingerprint density at radius 3 is 2.64 bits per heavy atom. The van der Waals surface area contributed by atoms with Gasteiger partial charge in [-0.2, -0.15) is 0 Å². The standard InChI is InChI=1S/C17H28N4O/c1-5-14-8-7-9-15(10-14)21-16(22)12-20-17(18-6-2)19-11-13(3)4/h7-10,13H,5-6,11-12H2,1-4H3,(H,21,22)(H2,18,19,20). The number of aliphatic imine (C=N–C) groups is 1. The zero-order valence-electron chi connectivity index (χ0n) is 14.1. The van der Waals surface area contributed by atoms with Gasteiger partial charge in [0.15, 0.2) is 5.96 Å². The maximum atomic E-state index is 12.0. The summed E-state index contributed by atoms with van der Waals surface area (Å²) >= 11 is 0. The van der Waals surface area contributed by atoms with E-state index in [1.165, 1.54) is 5.56 Å². The number of carbonyl (C=O) groups excluding carboxylic acids is 1. The number of nitrogens with one attached hydrogen (secondary N) is 3. The monoisotopic (exact) mass is 304 g/mol. The molecule has 0 saturated heterocycles. The second-order valence-electron chi connectivity index (χ2n) is 5.57. The van der Waals surface area contributed by atoms with Gasteiger partial charge in [0.25, 0.3) is 0 Å². The van der Waals surface area contributed by atoms with Crippen molar-refractivity contribution in [2.24, 2.45) is 10.9 Å². The summed E-state index contributed by atoms with van der Waals surface area (Å²) in [5, 5.41) is 9.23. The Balaban J connectivity index is 2.55. The first-order valence-corrected chi connectivity index (χ1v) is 7.96. The topological polar surface area (TPSA) is 65.5 Å². The predicted octanol–water partition coefficient (Wildman–Crippen LogP) is 2.40. The van der Waals surface area contributed by atoms with E-state index in [0.717, 1.165) is 25.2 Å². The lowest BCUT2D eigenvalue weighted by atomic mass is 10.1. The fraction of sp³-hybridized carbons (Fsp3) is 0.529. The Labute approximate surface area is 133 Å². The summed E-state index contributed by atoms with van der Waals surface area (Å²) in [7, 11) is 0. The molecule has 3 N–H and O–H groups in total. The first-order valence-electron chi connectivity index (χ1n) is 7.96. The van der Waals surface area contributed by atoms with Crippen LogP contribution in [0.5, 0.6) is 0 Å². The average Bonchev–Trinajstić information content (AvgIpc) is 2.50. The normalized spacial score (nSPS) is 11.4. The van der Waals surface area contributed by atoms with Crippen molar-refractivity contribution in [3.05, 3.63) is 29.8 Å². The van der Waals surface area contributed by atoms with E-state index in [9.17, 15) is 4.79 Å². The minimum atomic E-state index is -0.116. The molecule has 5 heteroatoms. The molecule has 0 heterocycles. The lowest BCUT2D eigenvalue weighted by Gasteiger charge is -2.13. The van der Waals surface area contributed by atoms with E-state index in [1.54, 1.807) is 0 Å². The third kappa shape index (κ3) is 7.11. The van der Waals surface area contributed by atoms with E-state index >= 15 is 0 Å². The number of benzene rings is 1. The number of anilines is 1. The smallest absolute Gasteiger partial charge is 0.246 e. The Morgan fingerprint density at radius 2 is 2.00 bits per heavy atom. The Bertz CT molecular complexity index is 497. The number of hydrogen-bond donors (Lipinski definition) is 3. The second-order valence-corrected chi connectivity index (χ2v) is 5.57. The zero-order valence-corrected chi connectivity index (χ0v) is 14.1. The van der Waals surface area contributed by atoms with Gasteiger partial charge in [-0.3, -0.25) is 4.79 Å². The maximum absolute atomic E-state index is 12.0. The maximum Gasteiger partial charge on any atom is 0.246 e. The largest absolute Gasteiger partial charge is 0.357 e. The molecular formula is C17H28N4O. The van der Waals surface area contributed by atoms with E-state index in [4.69, 9.17) is 0 Å². The quantitative estimate of drug-likeness (QED) is 0.535. The van der Waals surface area contributed by atoms with Crippen molar-refractivity contribution in [3.8, 4) is 0 Å². The summed E-state index contributed by atoms with van der Waals surface area (Å²) in [6.45, 7) is 10.0. The molecule has 0 bridgehead atoms. The van der Waals surface area contributed by atoms with Gasteiger partial charge >= 0.3 is 0 Å². The van der Waals surface area contributed by atoms with Crippen LogP contribution >= 0.6 is 0 Å². The predicted molar refractivity (Wildman–Crippen MR) is 93.3 cm³/mol. The van der Waals surface area contributed by atoms with Gasteiger partial charge in [0.05, 0.1) is 0 Å². The van der Waals surface area contributed by atoms with Crippen molar-refractivity contribution in [1.82, 2.24) is 10.6 Å². The van der Waals surface area contributed by atoms with Crippen LogP contribution in [0.1, 0.15) is 33.3 Å². The van der Waals surface area contributed by atoms with Crippen molar-refractivity contribution in [2.45, 2.75) is 34.1 Å². The highest BCUT2D eigenvalue weighted by Gasteiger charge is 2.04. The molecule has 0 spiro atoms. The van der Waals surface area contributed by atoms with Gasteiger partial charge in [-0.05, 0) is 37.0 Å². The number of amides is 1. The van der Waals surface area contributed by atoms with E-state index in [1.807, 2.05) is 31.2 Å². The van der Waals surface area contributed by atoms with Crippen LogP contribution in [0.25, 0.3) is 0 Å². The van der Waals surface area contributed by atoms with Crippen LogP contribution < -0.4 is 16.0 Å². The summed E-state index contributed by atoms with van der Waals surface area (Å²) in [4.78, 5) is 16.3. The van der Waals surface area contributed by atoms with E-state index in [2.05, 4.69) is 41.7 Å². The summed E-state index contributed by atoms with van der Waals surface area (Å²) in [5.74, 6) is 1.08. The van der Waals surface area contributed by atoms with Crippen molar-refractivity contribution < 1.29 is 4.79 Å². The SMILES string of the molecule is CCNC(=NCC(=O)Nc1cccc(CC)c1)NCC(C)C. The molecule has 0 aliphatic carbocycles. The van der Waals surface area contributed by atoms with E-state index in [-0.39, 0.29) is 12.5 Å². The van der Waals surface area contributed by atoms with Crippen molar-refractivity contribution in [3.63, 3.8) is 0 Å². The van der Waals surface area contributed by atoms with Crippen LogP contribution in [0.15, 0.2) is 29.3 Å². The molecule has 5 nitrogen and oxygen atoms in total. The highest BCUT2D eigenvalue weighted by Crippen LogP contribution is 2.10. The fourth-order valence-corrected chi connectivity index (χ4v) is 1.86. The molecule has 0 radical (unpaired) electrons. The van der Waals surface area contributed by atoms with Crippen LogP contribution in [0, 0.1) is 5.92 Å². The highest BCUT2D eigenvalue weighted by molar-refractivity contribution is 5.94. The average molecular weight is 304 g/mol. The summed E-state index contributed by atoms with van der Waals surface area (Å²) in [5.41, 5.74) is 2.02. The molecule has 122 valence electrons. The second kappa shape index (κ2) is 9.82. The number of aryl methyl sites for hydroxylation is 1. The van der Waals surface area contributed by atoms with Crippen LogP contribution in [0.2, 0.25) is 0 Å². The van der Waals surface area contributed by atoms with Gasteiger partial charge in [0.1, 0.15) is 6.54 Å². The molecule has 1 rings (SSSR count). The summed E-state index contributed by atoms with van der Waals surface area (Å²) in [6.07, 6.45) is 0.950. The lowest BCUT2D eigenvalue weighted by Crippen LogP contribution is -2.39. The molecule has 0 unspecified atom stereocenters. The molecular weight excluding hydrogens is 276 g/mol. The molecule has 0 fully saturated rings. The van der Waals surface area contributed by atoms with Crippen LogP contribution in [0.4, 0.5) is 5.69 Å². The number of hydrogen-bond acceptors (Lipinski definition) is 2. The van der Waals surface area contributed by atoms with Crippen molar-refractivity contribution in [2.75, 3.05) is 25.0 Å². The van der Waals surface area contributed by atoms with Gasteiger partial charge < -0.3 is 16.0 Å². The fourth-order valence-electron chi connectivity index (χ4n) is 1.86. The van der Waals surface area contributed by atoms with Crippen LogP contribution in [0.3, 0.4) is 0 Å². The molecule has 0 aromatic heterocycles. The number of guanidine groups is 1. The van der Waals surface area contributed by atoms with Gasteiger partial charge in [-0.15, -0.1) is 0 Å². The summed E-state index contributed by atoms with van der Waals surface area (Å²) < 4.78 is 0. The Hall–Kier alpha value is -2.04. The van der Waals surface area contributed by atoms with Gasteiger partial charge in [0.2, 0.25) is 5.91 Å². The first-order chi connectivity index (χ1) is 10.5. The Morgan fingerprint density at radius 1 is 1.23 bits per heavy atom. The van der Waals surface area contributed by atoms with Gasteiger partial charge in [-0.1, -0.05) is 32.9 Å². The third-order valence-electron chi connectivity index (χ3n) is 3.02. The van der Waals surface area contributed by atoms with Gasteiger partial charge in [-0.25, -0.2) is 4.99 Å². The molecule has 22 heavy (non-hydrogen) atoms. The van der Waals surface area contributed by atoms with Crippen LogP contribution in [-0.2, 0) is 11.2 Å². The van der Waals surface area contributed by atoms with Crippen LogP contribution in [-0.4, -0.2) is 31.5 Å².